The summed E-state index contributed by atoms with van der Waals surface area (Å²) in [4.78, 5) is 1.25. The number of hydrogen-bond acceptors (Lipinski definition) is 1. The fourth-order valence-electron chi connectivity index (χ4n) is 2.56. The first-order valence-corrected chi connectivity index (χ1v) is 7.36. The summed E-state index contributed by atoms with van der Waals surface area (Å²) in [5, 5.41) is 1.90. The summed E-state index contributed by atoms with van der Waals surface area (Å²) in [6, 6.07) is 16.9. The molecule has 0 radical (unpaired) electrons. The lowest BCUT2D eigenvalue weighted by Gasteiger charge is -1.96. The first kappa shape index (κ1) is 11.2. The summed E-state index contributed by atoms with van der Waals surface area (Å²) in [5.41, 5.74) is 3.70. The van der Waals surface area contributed by atoms with Gasteiger partial charge in [0.15, 0.2) is 0 Å². The van der Waals surface area contributed by atoms with Crippen LogP contribution in [0.3, 0.4) is 0 Å². The number of aromatic nitrogens is 1. The summed E-state index contributed by atoms with van der Waals surface area (Å²) in [6.45, 7) is 2.13. The summed E-state index contributed by atoms with van der Waals surface area (Å²) in [6.07, 6.45) is 0. The van der Waals surface area contributed by atoms with Gasteiger partial charge in [-0.2, -0.15) is 0 Å². The molecule has 4 rings (SSSR count). The van der Waals surface area contributed by atoms with Crippen molar-refractivity contribution >= 4 is 48.9 Å². The predicted octanol–water partition coefficient (Wildman–Crippen LogP) is 4.76. The number of rotatable bonds is 0. The van der Waals surface area contributed by atoms with Crippen molar-refractivity contribution in [1.82, 2.24) is 0 Å². The van der Waals surface area contributed by atoms with Gasteiger partial charge in [-0.25, -0.2) is 0 Å². The van der Waals surface area contributed by atoms with Gasteiger partial charge in [0.1, 0.15) is 4.70 Å². The van der Waals surface area contributed by atoms with E-state index in [9.17, 15) is 0 Å². The van der Waals surface area contributed by atoms with Gasteiger partial charge >= 0.3 is 0 Å². The quantitative estimate of drug-likeness (QED) is 0.410. The molecule has 0 aliphatic heterocycles. The Bertz CT molecular complexity index is 940. The van der Waals surface area contributed by atoms with Crippen LogP contribution in [0.25, 0.3) is 25.9 Å². The maximum Gasteiger partial charge on any atom is 0.268 e. The Balaban J connectivity index is 2.34. The summed E-state index contributed by atoms with van der Waals surface area (Å²) in [5.74, 6) is 0. The van der Waals surface area contributed by atoms with Gasteiger partial charge in [-0.05, 0) is 30.7 Å². The van der Waals surface area contributed by atoms with Crippen molar-refractivity contribution in [2.24, 2.45) is 0 Å². The molecule has 1 nitrogen and oxygen atoms in total. The van der Waals surface area contributed by atoms with Crippen molar-refractivity contribution < 1.29 is 4.40 Å². The van der Waals surface area contributed by atoms with E-state index in [0.717, 1.165) is 10.4 Å². The number of aryl methyl sites for hydroxylation is 1. The van der Waals surface area contributed by atoms with Crippen LogP contribution in [0.5, 0.6) is 0 Å². The monoisotopic (exact) mass is 284 g/mol. The molecule has 4 aromatic rings. The summed E-state index contributed by atoms with van der Waals surface area (Å²) in [7, 11) is 0. The van der Waals surface area contributed by atoms with Gasteiger partial charge in [-0.3, -0.25) is 0 Å². The van der Waals surface area contributed by atoms with Crippen molar-refractivity contribution in [1.29, 1.82) is 0 Å². The third-order valence-electron chi connectivity index (χ3n) is 3.45. The Labute approximate surface area is 119 Å². The fourth-order valence-corrected chi connectivity index (χ4v) is 3.84. The molecule has 0 aliphatic rings. The van der Waals surface area contributed by atoms with Crippen LogP contribution in [-0.2, 0) is 0 Å². The lowest BCUT2D eigenvalue weighted by molar-refractivity contribution is -0.446. The van der Waals surface area contributed by atoms with E-state index in [0.29, 0.717) is 0 Å². The van der Waals surface area contributed by atoms with Crippen LogP contribution in [0.2, 0.25) is 5.02 Å². The van der Waals surface area contributed by atoms with E-state index in [-0.39, 0.29) is 0 Å². The lowest BCUT2D eigenvalue weighted by atomic mass is 10.2. The molecule has 0 fully saturated rings. The van der Waals surface area contributed by atoms with E-state index in [1.165, 1.54) is 26.1 Å². The minimum absolute atomic E-state index is 0.805. The van der Waals surface area contributed by atoms with Gasteiger partial charge < -0.3 is 0 Å². The van der Waals surface area contributed by atoms with Gasteiger partial charge in [0, 0.05) is 18.2 Å². The molecule has 0 aliphatic carbocycles. The Hall–Kier alpha value is -1.64. The molecule has 0 amide bonds. The second-order valence-corrected chi connectivity index (χ2v) is 6.22. The fraction of sp³-hybridized carbons (Fsp3) is 0.0625. The largest absolute Gasteiger partial charge is 0.268 e. The smallest absolute Gasteiger partial charge is 0.143 e. The van der Waals surface area contributed by atoms with E-state index < -0.39 is 0 Å². The Morgan fingerprint density at radius 3 is 2.79 bits per heavy atom. The average molecular weight is 285 g/mol. The van der Waals surface area contributed by atoms with E-state index in [4.69, 9.17) is 11.6 Å². The van der Waals surface area contributed by atoms with Crippen LogP contribution in [0.1, 0.15) is 5.56 Å². The highest BCUT2D eigenvalue weighted by Crippen LogP contribution is 2.27. The van der Waals surface area contributed by atoms with Gasteiger partial charge in [0.25, 0.3) is 4.83 Å². The zero-order chi connectivity index (χ0) is 13.0. The number of halogens is 1. The lowest BCUT2D eigenvalue weighted by Crippen LogP contribution is -2.20. The highest BCUT2D eigenvalue weighted by atomic mass is 35.5. The Kier molecular flexibility index (Phi) is 2.32. The normalized spacial score (nSPS) is 11.7. The maximum absolute atomic E-state index is 6.30. The molecule has 2 heterocycles. The number of hydrogen-bond donors (Lipinski definition) is 0. The molecule has 0 unspecified atom stereocenters. The first-order chi connectivity index (χ1) is 9.24. The number of fused-ring (bicyclic) bond motifs is 5. The predicted molar refractivity (Wildman–Crippen MR) is 82.2 cm³/mol. The minimum Gasteiger partial charge on any atom is -0.143 e. The third-order valence-corrected chi connectivity index (χ3v) is 4.88. The van der Waals surface area contributed by atoms with Gasteiger partial charge in [-0.15, -0.1) is 4.40 Å². The van der Waals surface area contributed by atoms with Crippen LogP contribution >= 0.6 is 22.9 Å². The summed E-state index contributed by atoms with van der Waals surface area (Å²) < 4.78 is 3.60. The zero-order valence-electron chi connectivity index (χ0n) is 10.4. The van der Waals surface area contributed by atoms with Crippen LogP contribution in [0, 0.1) is 6.92 Å². The van der Waals surface area contributed by atoms with Gasteiger partial charge in [0.05, 0.1) is 10.4 Å². The van der Waals surface area contributed by atoms with E-state index >= 15 is 0 Å². The minimum atomic E-state index is 0.805. The highest BCUT2D eigenvalue weighted by molar-refractivity contribution is 7.23. The molecule has 92 valence electrons. The Morgan fingerprint density at radius 2 is 1.89 bits per heavy atom. The zero-order valence-corrected chi connectivity index (χ0v) is 11.9. The number of nitrogens with zero attached hydrogens (tertiary/aromatic N) is 1. The summed E-state index contributed by atoms with van der Waals surface area (Å²) >= 11 is 8.11. The molecular weight excluding hydrogens is 274 g/mol. The molecule has 19 heavy (non-hydrogen) atoms. The molecule has 0 atom stereocenters. The SMILES string of the molecule is Cc1ccc2sc3ccc4c(Cl)cccc4[n+]3c2c1. The average Bonchev–Trinajstić information content (AvgIpc) is 2.77. The molecule has 2 aromatic carbocycles. The van der Waals surface area contributed by atoms with Crippen LogP contribution < -0.4 is 4.40 Å². The second-order valence-electron chi connectivity index (χ2n) is 4.75. The highest BCUT2D eigenvalue weighted by Gasteiger charge is 2.18. The van der Waals surface area contributed by atoms with E-state index in [1.54, 1.807) is 0 Å². The van der Waals surface area contributed by atoms with Crippen LogP contribution in [0.4, 0.5) is 0 Å². The first-order valence-electron chi connectivity index (χ1n) is 6.16. The van der Waals surface area contributed by atoms with Crippen molar-refractivity contribution in [3.63, 3.8) is 0 Å². The third kappa shape index (κ3) is 1.57. The van der Waals surface area contributed by atoms with Crippen molar-refractivity contribution in [3.05, 3.63) is 59.1 Å². The molecule has 3 heteroatoms. The molecular formula is C16H11ClNS+. The van der Waals surface area contributed by atoms with Crippen molar-refractivity contribution in [2.45, 2.75) is 6.92 Å². The van der Waals surface area contributed by atoms with Crippen LogP contribution in [-0.4, -0.2) is 0 Å². The van der Waals surface area contributed by atoms with Crippen LogP contribution in [0.15, 0.2) is 48.5 Å². The molecule has 0 saturated heterocycles. The maximum atomic E-state index is 6.30. The van der Waals surface area contributed by atoms with Gasteiger partial charge in [-0.1, -0.05) is 35.1 Å². The molecule has 0 saturated carbocycles. The topological polar surface area (TPSA) is 4.10 Å². The standard InChI is InChI=1S/C16H11ClNS/c1-10-5-7-15-14(9-10)18-13-4-2-3-12(17)11(13)6-8-16(18)19-15/h2-9H,1H3/q+1. The number of benzene rings is 2. The molecule has 0 N–H and O–H groups in total. The number of pyridine rings is 1. The van der Waals surface area contributed by atoms with E-state index in [1.807, 2.05) is 23.5 Å². The van der Waals surface area contributed by atoms with Crippen molar-refractivity contribution in [3.8, 4) is 0 Å². The second kappa shape index (κ2) is 3.92. The van der Waals surface area contributed by atoms with E-state index in [2.05, 4.69) is 47.7 Å². The van der Waals surface area contributed by atoms with Crippen molar-refractivity contribution in [2.75, 3.05) is 0 Å². The van der Waals surface area contributed by atoms with Gasteiger partial charge in [0.2, 0.25) is 11.0 Å². The molecule has 0 spiro atoms. The Morgan fingerprint density at radius 1 is 1.00 bits per heavy atom. The molecule has 2 aromatic heterocycles. The number of thiazole rings is 1. The molecule has 0 bridgehead atoms.